The molecule has 0 aliphatic rings. The zero-order chi connectivity index (χ0) is 45.3. The standard InChI is InChI=1S/C63H47N3O/c1-63(2,50-29-16-7-17-30-50)51-40-48(39-49(41-51)57-42-47(37-38-64-57)43-21-8-3-9-22-43)52-31-20-36-58-59(52)65-62(56-35-19-34-55(61(56)67)46-27-14-6-15-28-46)66(58)60-53(44-23-10-4-11-24-44)32-18-33-54(60)45-25-12-5-13-26-45/h3-42,67H,1-2H3. The summed E-state index contributed by atoms with van der Waals surface area (Å²) in [4.78, 5) is 10.7. The molecule has 0 atom stereocenters. The van der Waals surface area contributed by atoms with Crippen LogP contribution in [0.1, 0.15) is 25.0 Å². The Bertz CT molecular complexity index is 3470. The number of phenolic OH excluding ortho intramolecular Hbond substituents is 1. The molecule has 0 aliphatic carbocycles. The molecule has 0 bridgehead atoms. The molecule has 320 valence electrons. The van der Waals surface area contributed by atoms with Crippen molar-refractivity contribution in [2.75, 3.05) is 0 Å². The number of para-hydroxylation sites is 3. The summed E-state index contributed by atoms with van der Waals surface area (Å²) in [5.41, 5.74) is 17.4. The topological polar surface area (TPSA) is 50.9 Å². The second-order valence-electron chi connectivity index (χ2n) is 17.5. The van der Waals surface area contributed by atoms with Crippen LogP contribution in [0.25, 0.3) is 95.0 Å². The van der Waals surface area contributed by atoms with Crippen molar-refractivity contribution < 1.29 is 5.11 Å². The van der Waals surface area contributed by atoms with Crippen molar-refractivity contribution >= 4 is 11.0 Å². The van der Waals surface area contributed by atoms with Gasteiger partial charge in [0.2, 0.25) is 0 Å². The monoisotopic (exact) mass is 861 g/mol. The maximum absolute atomic E-state index is 12.5. The molecule has 2 aromatic heterocycles. The summed E-state index contributed by atoms with van der Waals surface area (Å²) in [6, 6.07) is 82.4. The first-order chi connectivity index (χ1) is 32.9. The van der Waals surface area contributed by atoms with Gasteiger partial charge >= 0.3 is 0 Å². The lowest BCUT2D eigenvalue weighted by molar-refractivity contribution is 0.479. The molecule has 0 saturated heterocycles. The van der Waals surface area contributed by atoms with Crippen LogP contribution in [0.2, 0.25) is 0 Å². The lowest BCUT2D eigenvalue weighted by atomic mass is 9.76. The predicted molar refractivity (Wildman–Crippen MR) is 277 cm³/mol. The Kier molecular flexibility index (Phi) is 10.7. The van der Waals surface area contributed by atoms with E-state index in [2.05, 4.69) is 200 Å². The molecule has 0 spiro atoms. The van der Waals surface area contributed by atoms with Crippen LogP contribution < -0.4 is 0 Å². The van der Waals surface area contributed by atoms with Crippen LogP contribution in [-0.4, -0.2) is 19.6 Å². The molecule has 4 nitrogen and oxygen atoms in total. The van der Waals surface area contributed by atoms with Gasteiger partial charge < -0.3 is 5.11 Å². The van der Waals surface area contributed by atoms with Gasteiger partial charge in [0.1, 0.15) is 11.6 Å². The van der Waals surface area contributed by atoms with Gasteiger partial charge in [0, 0.05) is 39.4 Å². The van der Waals surface area contributed by atoms with E-state index in [1.54, 1.807) is 0 Å². The van der Waals surface area contributed by atoms with E-state index in [-0.39, 0.29) is 11.2 Å². The maximum Gasteiger partial charge on any atom is 0.149 e. The largest absolute Gasteiger partial charge is 0.507 e. The predicted octanol–water partition coefficient (Wildman–Crippen LogP) is 16.1. The third-order valence-corrected chi connectivity index (χ3v) is 13.1. The van der Waals surface area contributed by atoms with E-state index >= 15 is 0 Å². The third-order valence-electron chi connectivity index (χ3n) is 13.1. The number of hydrogen-bond acceptors (Lipinski definition) is 3. The minimum Gasteiger partial charge on any atom is -0.507 e. The van der Waals surface area contributed by atoms with Gasteiger partial charge in [-0.2, -0.15) is 0 Å². The molecule has 0 fully saturated rings. The minimum absolute atomic E-state index is 0.170. The van der Waals surface area contributed by atoms with Crippen LogP contribution >= 0.6 is 0 Å². The van der Waals surface area contributed by atoms with Gasteiger partial charge in [0.25, 0.3) is 0 Å². The van der Waals surface area contributed by atoms with E-state index in [9.17, 15) is 5.11 Å². The number of hydrogen-bond donors (Lipinski definition) is 1. The van der Waals surface area contributed by atoms with Crippen LogP contribution in [0.3, 0.4) is 0 Å². The smallest absolute Gasteiger partial charge is 0.149 e. The number of aromatic hydroxyl groups is 1. The number of benzene rings is 9. The van der Waals surface area contributed by atoms with Crippen LogP contribution in [0.4, 0.5) is 0 Å². The highest BCUT2D eigenvalue weighted by Gasteiger charge is 2.28. The summed E-state index contributed by atoms with van der Waals surface area (Å²) in [5.74, 6) is 0.806. The zero-order valence-corrected chi connectivity index (χ0v) is 37.4. The van der Waals surface area contributed by atoms with Crippen molar-refractivity contribution in [1.82, 2.24) is 14.5 Å². The highest BCUT2D eigenvalue weighted by atomic mass is 16.3. The first-order valence-corrected chi connectivity index (χ1v) is 22.8. The van der Waals surface area contributed by atoms with Gasteiger partial charge in [-0.25, -0.2) is 4.98 Å². The fraction of sp³-hybridized carbons (Fsp3) is 0.0476. The average molecular weight is 862 g/mol. The number of pyridine rings is 1. The normalized spacial score (nSPS) is 11.5. The lowest BCUT2D eigenvalue weighted by Gasteiger charge is -2.27. The molecule has 2 heterocycles. The van der Waals surface area contributed by atoms with Crippen molar-refractivity contribution in [3.05, 3.63) is 254 Å². The van der Waals surface area contributed by atoms with Gasteiger partial charge in [-0.3, -0.25) is 9.55 Å². The number of nitrogens with zero attached hydrogens (tertiary/aromatic N) is 3. The summed E-state index contributed by atoms with van der Waals surface area (Å²) < 4.78 is 2.27. The molecule has 0 unspecified atom stereocenters. The molecule has 0 radical (unpaired) electrons. The van der Waals surface area contributed by atoms with E-state index in [0.29, 0.717) is 11.4 Å². The fourth-order valence-corrected chi connectivity index (χ4v) is 9.51. The third kappa shape index (κ3) is 7.69. The Hall–Kier alpha value is -8.60. The van der Waals surface area contributed by atoms with Crippen molar-refractivity contribution in [3.8, 4) is 89.7 Å². The van der Waals surface area contributed by atoms with Gasteiger partial charge in [-0.15, -0.1) is 0 Å². The Labute approximate surface area is 391 Å². The summed E-state index contributed by atoms with van der Waals surface area (Å²) in [5, 5.41) is 12.5. The number of imidazole rings is 1. The second-order valence-corrected chi connectivity index (χ2v) is 17.5. The van der Waals surface area contributed by atoms with Gasteiger partial charge in [0.15, 0.2) is 0 Å². The Morgan fingerprint density at radius 2 is 0.881 bits per heavy atom. The summed E-state index contributed by atoms with van der Waals surface area (Å²) in [6.07, 6.45) is 1.91. The van der Waals surface area contributed by atoms with Crippen molar-refractivity contribution in [1.29, 1.82) is 0 Å². The highest BCUT2D eigenvalue weighted by Crippen LogP contribution is 2.46. The highest BCUT2D eigenvalue weighted by molar-refractivity contribution is 6.00. The molecule has 67 heavy (non-hydrogen) atoms. The fourth-order valence-electron chi connectivity index (χ4n) is 9.51. The van der Waals surface area contributed by atoms with E-state index < -0.39 is 0 Å². The summed E-state index contributed by atoms with van der Waals surface area (Å²) >= 11 is 0. The average Bonchev–Trinajstić information content (AvgIpc) is 3.79. The Morgan fingerprint density at radius 1 is 0.388 bits per heavy atom. The molecule has 11 rings (SSSR count). The Balaban J connectivity index is 1.22. The zero-order valence-electron chi connectivity index (χ0n) is 37.4. The molecule has 4 heteroatoms. The molecule has 0 saturated carbocycles. The number of phenols is 1. The van der Waals surface area contributed by atoms with Crippen LogP contribution in [0.15, 0.2) is 243 Å². The SMILES string of the molecule is CC(C)(c1ccccc1)c1cc(-c2cc(-c3ccccc3)ccn2)cc(-c2cccc3c2nc(-c2cccc(-c4ccccc4)c2O)n3-c2c(-c3ccccc3)cccc2-c2ccccc2)c1. The van der Waals surface area contributed by atoms with E-state index in [1.165, 1.54) is 5.56 Å². The number of aromatic nitrogens is 3. The van der Waals surface area contributed by atoms with E-state index in [1.807, 2.05) is 60.8 Å². The van der Waals surface area contributed by atoms with Gasteiger partial charge in [0.05, 0.1) is 28.0 Å². The lowest BCUT2D eigenvalue weighted by Crippen LogP contribution is -2.19. The summed E-state index contributed by atoms with van der Waals surface area (Å²) in [6.45, 7) is 4.58. The second kappa shape index (κ2) is 17.4. The first kappa shape index (κ1) is 41.1. The number of fused-ring (bicyclic) bond motifs is 1. The Morgan fingerprint density at radius 3 is 1.49 bits per heavy atom. The van der Waals surface area contributed by atoms with Gasteiger partial charge in [-0.1, -0.05) is 214 Å². The molecule has 0 aliphatic heterocycles. The van der Waals surface area contributed by atoms with Crippen LogP contribution in [0, 0.1) is 0 Å². The molecular weight excluding hydrogens is 815 g/mol. The van der Waals surface area contributed by atoms with E-state index in [4.69, 9.17) is 9.97 Å². The molecular formula is C63H47N3O. The van der Waals surface area contributed by atoms with Crippen molar-refractivity contribution in [2.24, 2.45) is 0 Å². The van der Waals surface area contributed by atoms with Gasteiger partial charge in [-0.05, 0) is 80.9 Å². The van der Waals surface area contributed by atoms with E-state index in [0.717, 1.165) is 89.2 Å². The number of rotatable bonds is 10. The maximum atomic E-state index is 12.5. The first-order valence-electron chi connectivity index (χ1n) is 22.8. The van der Waals surface area contributed by atoms with Crippen molar-refractivity contribution in [2.45, 2.75) is 19.3 Å². The van der Waals surface area contributed by atoms with Crippen LogP contribution in [0.5, 0.6) is 5.75 Å². The minimum atomic E-state index is -0.357. The molecule has 9 aromatic carbocycles. The quantitative estimate of drug-likeness (QED) is 0.149. The molecule has 0 amide bonds. The summed E-state index contributed by atoms with van der Waals surface area (Å²) in [7, 11) is 0. The molecule has 11 aromatic rings. The van der Waals surface area contributed by atoms with Crippen molar-refractivity contribution in [3.63, 3.8) is 0 Å². The van der Waals surface area contributed by atoms with Crippen LogP contribution in [-0.2, 0) is 5.41 Å². The molecule has 1 N–H and O–H groups in total.